The molecule has 118 valence electrons. The van der Waals surface area contributed by atoms with Gasteiger partial charge in [0.05, 0.1) is 11.5 Å². The molecule has 1 saturated heterocycles. The molecule has 1 aliphatic heterocycles. The van der Waals surface area contributed by atoms with Gasteiger partial charge in [-0.3, -0.25) is 9.59 Å². The summed E-state index contributed by atoms with van der Waals surface area (Å²) in [4.78, 5) is 26.0. The molecular formula is C17H22N2O3. The number of para-hydroxylation sites is 1. The van der Waals surface area contributed by atoms with Crippen LogP contribution in [0, 0.1) is 5.92 Å². The van der Waals surface area contributed by atoms with Crippen LogP contribution >= 0.6 is 0 Å². The van der Waals surface area contributed by atoms with Gasteiger partial charge in [-0.05, 0) is 25.0 Å². The number of benzene rings is 1. The molecule has 0 spiro atoms. The van der Waals surface area contributed by atoms with Gasteiger partial charge in [0.25, 0.3) is 0 Å². The van der Waals surface area contributed by atoms with E-state index in [4.69, 9.17) is 0 Å². The fourth-order valence-corrected chi connectivity index (χ4v) is 3.35. The lowest BCUT2D eigenvalue weighted by Crippen LogP contribution is -2.43. The Balaban J connectivity index is 1.57. The van der Waals surface area contributed by atoms with Crippen molar-refractivity contribution in [3.8, 4) is 0 Å². The number of aliphatic hydroxyl groups is 1. The minimum atomic E-state index is -0.753. The van der Waals surface area contributed by atoms with Crippen molar-refractivity contribution in [2.24, 2.45) is 5.92 Å². The molecule has 5 heteroatoms. The Morgan fingerprint density at radius 1 is 1.27 bits per heavy atom. The maximum atomic E-state index is 12.3. The number of nitrogens with one attached hydrogen (secondary N) is 1. The predicted octanol–water partition coefficient (Wildman–Crippen LogP) is 1.46. The molecule has 5 nitrogen and oxygen atoms in total. The largest absolute Gasteiger partial charge is 0.388 e. The summed E-state index contributed by atoms with van der Waals surface area (Å²) in [6, 6.07) is 9.41. The molecule has 0 aromatic heterocycles. The monoisotopic (exact) mass is 302 g/mol. The maximum Gasteiger partial charge on any atom is 0.227 e. The molecule has 2 aliphatic rings. The predicted molar refractivity (Wildman–Crippen MR) is 83.3 cm³/mol. The maximum absolute atomic E-state index is 12.3. The Morgan fingerprint density at radius 3 is 2.64 bits per heavy atom. The van der Waals surface area contributed by atoms with Crippen molar-refractivity contribution < 1.29 is 14.7 Å². The minimum absolute atomic E-state index is 0.0223. The third-order valence-electron chi connectivity index (χ3n) is 4.69. The second-order valence-electron chi connectivity index (χ2n) is 6.39. The van der Waals surface area contributed by atoms with Crippen LogP contribution in [0.25, 0.3) is 0 Å². The fourth-order valence-electron chi connectivity index (χ4n) is 3.35. The third-order valence-corrected chi connectivity index (χ3v) is 4.69. The number of rotatable bonds is 4. The number of amides is 2. The second kappa shape index (κ2) is 6.08. The first kappa shape index (κ1) is 15.0. The molecule has 0 radical (unpaired) electrons. The summed E-state index contributed by atoms with van der Waals surface area (Å²) in [5.74, 6) is -0.490. The lowest BCUT2D eigenvalue weighted by molar-refractivity contribution is -0.127. The van der Waals surface area contributed by atoms with Gasteiger partial charge in [-0.1, -0.05) is 31.0 Å². The molecule has 1 aliphatic carbocycles. The average molecular weight is 302 g/mol. The molecule has 2 amide bonds. The van der Waals surface area contributed by atoms with E-state index in [-0.39, 0.29) is 24.2 Å². The van der Waals surface area contributed by atoms with Gasteiger partial charge in [-0.15, -0.1) is 0 Å². The zero-order valence-electron chi connectivity index (χ0n) is 12.6. The third kappa shape index (κ3) is 3.14. The summed E-state index contributed by atoms with van der Waals surface area (Å²) in [6.07, 6.45) is 3.74. The summed E-state index contributed by atoms with van der Waals surface area (Å²) in [5.41, 5.74) is 0.0782. The van der Waals surface area contributed by atoms with Gasteiger partial charge in [0.15, 0.2) is 0 Å². The summed E-state index contributed by atoms with van der Waals surface area (Å²) < 4.78 is 0. The van der Waals surface area contributed by atoms with Crippen LogP contribution in [0.4, 0.5) is 5.69 Å². The number of nitrogens with zero attached hydrogens (tertiary/aromatic N) is 1. The summed E-state index contributed by atoms with van der Waals surface area (Å²) in [6.45, 7) is 0.703. The Kier molecular flexibility index (Phi) is 4.16. The van der Waals surface area contributed by atoms with Gasteiger partial charge < -0.3 is 15.3 Å². The first-order valence-corrected chi connectivity index (χ1v) is 7.93. The highest BCUT2D eigenvalue weighted by atomic mass is 16.3. The molecule has 2 fully saturated rings. The van der Waals surface area contributed by atoms with E-state index >= 15 is 0 Å². The molecule has 0 unspecified atom stereocenters. The minimum Gasteiger partial charge on any atom is -0.388 e. The Labute approximate surface area is 130 Å². The molecule has 1 aromatic carbocycles. The molecule has 1 saturated carbocycles. The molecule has 22 heavy (non-hydrogen) atoms. The van der Waals surface area contributed by atoms with Crippen molar-refractivity contribution in [1.29, 1.82) is 0 Å². The average Bonchev–Trinajstić information content (AvgIpc) is 3.13. The SMILES string of the molecule is O=C(NCC1(O)CCCC1)[C@H]1CC(=O)N(c2ccccc2)C1. The molecule has 1 atom stereocenters. The van der Waals surface area contributed by atoms with Crippen molar-refractivity contribution in [3.05, 3.63) is 30.3 Å². The van der Waals surface area contributed by atoms with Crippen LogP contribution in [0.1, 0.15) is 32.1 Å². The second-order valence-corrected chi connectivity index (χ2v) is 6.39. The van der Waals surface area contributed by atoms with Crippen LogP contribution in [0.3, 0.4) is 0 Å². The van der Waals surface area contributed by atoms with Crippen molar-refractivity contribution in [2.75, 3.05) is 18.0 Å². The van der Waals surface area contributed by atoms with Gasteiger partial charge >= 0.3 is 0 Å². The number of carbonyl (C=O) groups is 2. The van der Waals surface area contributed by atoms with E-state index in [0.717, 1.165) is 31.4 Å². The van der Waals surface area contributed by atoms with Crippen molar-refractivity contribution in [3.63, 3.8) is 0 Å². The normalized spacial score (nSPS) is 23.8. The van der Waals surface area contributed by atoms with Gasteiger partial charge in [0.2, 0.25) is 11.8 Å². The van der Waals surface area contributed by atoms with Crippen LogP contribution in [0.5, 0.6) is 0 Å². The topological polar surface area (TPSA) is 69.6 Å². The summed E-state index contributed by atoms with van der Waals surface area (Å²) >= 11 is 0. The van der Waals surface area contributed by atoms with Gasteiger partial charge in [0.1, 0.15) is 0 Å². The Bertz CT molecular complexity index is 552. The molecule has 1 aromatic rings. The van der Waals surface area contributed by atoms with Gasteiger partial charge in [-0.25, -0.2) is 0 Å². The van der Waals surface area contributed by atoms with E-state index in [0.29, 0.717) is 13.1 Å². The highest BCUT2D eigenvalue weighted by Crippen LogP contribution is 2.29. The summed E-state index contributed by atoms with van der Waals surface area (Å²) in [7, 11) is 0. The van der Waals surface area contributed by atoms with E-state index in [1.807, 2.05) is 30.3 Å². The summed E-state index contributed by atoms with van der Waals surface area (Å²) in [5, 5.41) is 13.1. The standard InChI is InChI=1S/C17H22N2O3/c20-15-10-13(11-19(15)14-6-2-1-3-7-14)16(21)18-12-17(22)8-4-5-9-17/h1-3,6-7,13,22H,4-5,8-12H2,(H,18,21)/t13-/m0/s1. The molecular weight excluding hydrogens is 280 g/mol. The van der Waals surface area contributed by atoms with E-state index < -0.39 is 5.60 Å². The zero-order valence-corrected chi connectivity index (χ0v) is 12.6. The number of hydrogen-bond acceptors (Lipinski definition) is 3. The highest BCUT2D eigenvalue weighted by molar-refractivity contribution is 6.00. The first-order valence-electron chi connectivity index (χ1n) is 7.93. The van der Waals surface area contributed by atoms with Crippen LogP contribution in [0.2, 0.25) is 0 Å². The fraction of sp³-hybridized carbons (Fsp3) is 0.529. The Morgan fingerprint density at radius 2 is 1.95 bits per heavy atom. The van der Waals surface area contributed by atoms with Crippen molar-refractivity contribution in [1.82, 2.24) is 5.32 Å². The van der Waals surface area contributed by atoms with E-state index in [1.165, 1.54) is 0 Å². The lowest BCUT2D eigenvalue weighted by Gasteiger charge is -2.23. The highest BCUT2D eigenvalue weighted by Gasteiger charge is 2.37. The number of anilines is 1. The first-order chi connectivity index (χ1) is 10.6. The number of hydrogen-bond donors (Lipinski definition) is 2. The van der Waals surface area contributed by atoms with Crippen LogP contribution < -0.4 is 10.2 Å². The van der Waals surface area contributed by atoms with Crippen LogP contribution in [-0.2, 0) is 9.59 Å². The lowest BCUT2D eigenvalue weighted by atomic mass is 10.0. The van der Waals surface area contributed by atoms with E-state index in [1.54, 1.807) is 4.90 Å². The number of carbonyl (C=O) groups excluding carboxylic acids is 2. The molecule has 1 heterocycles. The van der Waals surface area contributed by atoms with Crippen molar-refractivity contribution >= 4 is 17.5 Å². The Hall–Kier alpha value is -1.88. The van der Waals surface area contributed by atoms with E-state index in [9.17, 15) is 14.7 Å². The van der Waals surface area contributed by atoms with Crippen LogP contribution in [0.15, 0.2) is 30.3 Å². The molecule has 3 rings (SSSR count). The van der Waals surface area contributed by atoms with E-state index in [2.05, 4.69) is 5.32 Å². The van der Waals surface area contributed by atoms with Crippen molar-refractivity contribution in [2.45, 2.75) is 37.7 Å². The smallest absolute Gasteiger partial charge is 0.227 e. The quantitative estimate of drug-likeness (QED) is 0.884. The molecule has 0 bridgehead atoms. The van der Waals surface area contributed by atoms with Gasteiger partial charge in [0, 0.05) is 25.2 Å². The zero-order chi connectivity index (χ0) is 15.6. The van der Waals surface area contributed by atoms with Crippen LogP contribution in [-0.4, -0.2) is 35.6 Å². The van der Waals surface area contributed by atoms with Gasteiger partial charge in [-0.2, -0.15) is 0 Å². The molecule has 2 N–H and O–H groups in total.